The minimum absolute atomic E-state index is 0.200. The van der Waals surface area contributed by atoms with Crippen molar-refractivity contribution in [1.82, 2.24) is 4.90 Å². The van der Waals surface area contributed by atoms with Crippen molar-refractivity contribution in [3.63, 3.8) is 0 Å². The van der Waals surface area contributed by atoms with E-state index in [1.807, 2.05) is 13.8 Å². The van der Waals surface area contributed by atoms with Crippen molar-refractivity contribution < 1.29 is 18.3 Å². The molecule has 0 radical (unpaired) electrons. The van der Waals surface area contributed by atoms with Crippen LogP contribution >= 0.6 is 11.6 Å². The van der Waals surface area contributed by atoms with Crippen molar-refractivity contribution in [2.24, 2.45) is 0 Å². The fraction of sp³-hybridized carbons (Fsp3) is 0.533. The summed E-state index contributed by atoms with van der Waals surface area (Å²) >= 11 is 5.81. The van der Waals surface area contributed by atoms with Crippen molar-refractivity contribution in [2.75, 3.05) is 19.0 Å². The third-order valence-electron chi connectivity index (χ3n) is 3.40. The lowest BCUT2D eigenvalue weighted by atomic mass is 10.0. The van der Waals surface area contributed by atoms with Gasteiger partial charge in [-0.3, -0.25) is 4.79 Å². The highest BCUT2D eigenvalue weighted by molar-refractivity contribution is 6.18. The molecular weight excluding hydrogens is 300 g/mol. The maximum Gasteiger partial charge on any atom is 0.227 e. The first-order chi connectivity index (χ1) is 9.82. The van der Waals surface area contributed by atoms with E-state index in [1.54, 1.807) is 4.90 Å². The Kier molecular flexibility index (Phi) is 4.84. The number of halogens is 3. The number of hydrogen-bond donors (Lipinski definition) is 0. The predicted octanol–water partition coefficient (Wildman–Crippen LogP) is 2.75. The summed E-state index contributed by atoms with van der Waals surface area (Å²) in [6.07, 6.45) is -0.575. The van der Waals surface area contributed by atoms with Crippen molar-refractivity contribution in [3.8, 4) is 0 Å². The van der Waals surface area contributed by atoms with E-state index in [1.165, 1.54) is 6.07 Å². The molecule has 1 aliphatic heterocycles. The fourth-order valence-corrected chi connectivity index (χ4v) is 2.69. The summed E-state index contributed by atoms with van der Waals surface area (Å²) in [6, 6.07) is 3.58. The molecular formula is C15H18ClF2NO2. The van der Waals surface area contributed by atoms with Crippen molar-refractivity contribution in [2.45, 2.75) is 32.0 Å². The standard InChI is InChI=1S/C15H18ClF2NO2/c1-15(2)9-19(8-10(7-16)21-15)14(20)6-11-12(17)4-3-5-13(11)18/h3-5,10H,6-9H2,1-2H3. The lowest BCUT2D eigenvalue weighted by molar-refractivity contribution is -0.157. The van der Waals surface area contributed by atoms with Gasteiger partial charge < -0.3 is 9.64 Å². The number of benzene rings is 1. The van der Waals surface area contributed by atoms with Crippen LogP contribution in [0.15, 0.2) is 18.2 Å². The van der Waals surface area contributed by atoms with Gasteiger partial charge in [0.05, 0.1) is 24.0 Å². The maximum atomic E-state index is 13.6. The molecule has 1 fully saturated rings. The molecule has 3 nitrogen and oxygen atoms in total. The number of nitrogens with zero attached hydrogens (tertiary/aromatic N) is 1. The molecule has 1 unspecified atom stereocenters. The van der Waals surface area contributed by atoms with Gasteiger partial charge >= 0.3 is 0 Å². The quantitative estimate of drug-likeness (QED) is 0.802. The lowest BCUT2D eigenvalue weighted by Crippen LogP contribution is -2.55. The van der Waals surface area contributed by atoms with E-state index in [-0.39, 0.29) is 29.9 Å². The Morgan fingerprint density at radius 2 is 2.05 bits per heavy atom. The Morgan fingerprint density at radius 3 is 2.62 bits per heavy atom. The van der Waals surface area contributed by atoms with Crippen LogP contribution < -0.4 is 0 Å². The van der Waals surface area contributed by atoms with E-state index in [0.29, 0.717) is 13.1 Å². The molecule has 0 aromatic heterocycles. The zero-order valence-electron chi connectivity index (χ0n) is 12.0. The average Bonchev–Trinajstić information content (AvgIpc) is 2.41. The first-order valence-electron chi connectivity index (χ1n) is 6.77. The van der Waals surface area contributed by atoms with Gasteiger partial charge in [-0.15, -0.1) is 11.6 Å². The van der Waals surface area contributed by atoms with Gasteiger partial charge in [0.2, 0.25) is 5.91 Å². The van der Waals surface area contributed by atoms with E-state index >= 15 is 0 Å². The summed E-state index contributed by atoms with van der Waals surface area (Å²) in [5.41, 5.74) is -0.726. The van der Waals surface area contributed by atoms with Gasteiger partial charge in [-0.25, -0.2) is 8.78 Å². The molecule has 2 rings (SSSR count). The topological polar surface area (TPSA) is 29.5 Å². The number of carbonyl (C=O) groups is 1. The van der Waals surface area contributed by atoms with Gasteiger partial charge in [0, 0.05) is 18.7 Å². The minimum atomic E-state index is -0.704. The van der Waals surface area contributed by atoms with E-state index in [9.17, 15) is 13.6 Å². The number of morpholine rings is 1. The summed E-state index contributed by atoms with van der Waals surface area (Å²) in [4.78, 5) is 13.9. The molecule has 1 amide bonds. The average molecular weight is 318 g/mol. The monoisotopic (exact) mass is 317 g/mol. The highest BCUT2D eigenvalue weighted by Gasteiger charge is 2.35. The second-order valence-corrected chi connectivity index (χ2v) is 6.11. The summed E-state index contributed by atoms with van der Waals surface area (Å²) in [5, 5.41) is 0. The Hall–Kier alpha value is -1.20. The summed E-state index contributed by atoms with van der Waals surface area (Å²) in [7, 11) is 0. The van der Waals surface area contributed by atoms with Crippen LogP contribution in [0.3, 0.4) is 0 Å². The summed E-state index contributed by atoms with van der Waals surface area (Å²) in [5.74, 6) is -1.47. The number of amides is 1. The van der Waals surface area contributed by atoms with Gasteiger partial charge in [-0.2, -0.15) is 0 Å². The molecule has 21 heavy (non-hydrogen) atoms. The van der Waals surface area contributed by atoms with Crippen molar-refractivity contribution >= 4 is 17.5 Å². The highest BCUT2D eigenvalue weighted by Crippen LogP contribution is 2.23. The van der Waals surface area contributed by atoms with Crippen molar-refractivity contribution in [3.05, 3.63) is 35.4 Å². The van der Waals surface area contributed by atoms with Crippen LogP contribution in [0.2, 0.25) is 0 Å². The van der Waals surface area contributed by atoms with Gasteiger partial charge in [-0.1, -0.05) is 6.07 Å². The molecule has 0 saturated carbocycles. The first kappa shape index (κ1) is 16.2. The largest absolute Gasteiger partial charge is 0.367 e. The number of carbonyl (C=O) groups excluding carboxylic acids is 1. The second-order valence-electron chi connectivity index (χ2n) is 5.81. The number of ether oxygens (including phenoxy) is 1. The molecule has 1 aliphatic rings. The molecule has 1 atom stereocenters. The van der Waals surface area contributed by atoms with Gasteiger partial charge in [0.15, 0.2) is 0 Å². The molecule has 1 aromatic rings. The van der Waals surface area contributed by atoms with Gasteiger partial charge in [-0.05, 0) is 26.0 Å². The third-order valence-corrected chi connectivity index (χ3v) is 3.74. The molecule has 1 aromatic carbocycles. The van der Waals surface area contributed by atoms with E-state index in [0.717, 1.165) is 12.1 Å². The Balaban J connectivity index is 2.13. The van der Waals surface area contributed by atoms with Crippen molar-refractivity contribution in [1.29, 1.82) is 0 Å². The second kappa shape index (κ2) is 6.28. The zero-order valence-corrected chi connectivity index (χ0v) is 12.8. The number of alkyl halides is 1. The fourth-order valence-electron chi connectivity index (χ4n) is 2.53. The van der Waals surface area contributed by atoms with Crippen LogP contribution in [0.1, 0.15) is 19.4 Å². The number of hydrogen-bond acceptors (Lipinski definition) is 2. The van der Waals surface area contributed by atoms with Gasteiger partial charge in [0.1, 0.15) is 11.6 Å². The van der Waals surface area contributed by atoms with Crippen LogP contribution in [-0.2, 0) is 16.0 Å². The SMILES string of the molecule is CC1(C)CN(C(=O)Cc2c(F)cccc2F)CC(CCl)O1. The third kappa shape index (κ3) is 3.92. The Labute approximate surface area is 127 Å². The van der Waals surface area contributed by atoms with E-state index in [4.69, 9.17) is 16.3 Å². The summed E-state index contributed by atoms with van der Waals surface area (Å²) < 4.78 is 33.0. The first-order valence-corrected chi connectivity index (χ1v) is 7.30. The van der Waals surface area contributed by atoms with E-state index in [2.05, 4.69) is 0 Å². The molecule has 0 aliphatic carbocycles. The van der Waals surface area contributed by atoms with E-state index < -0.39 is 17.2 Å². The summed E-state index contributed by atoms with van der Waals surface area (Å²) in [6.45, 7) is 4.42. The Bertz CT molecular complexity index is 516. The minimum Gasteiger partial charge on any atom is -0.367 e. The lowest BCUT2D eigenvalue weighted by Gasteiger charge is -2.42. The Morgan fingerprint density at radius 1 is 1.43 bits per heavy atom. The normalized spacial score (nSPS) is 21.4. The maximum absolute atomic E-state index is 13.6. The van der Waals surface area contributed by atoms with Crippen LogP contribution in [0, 0.1) is 11.6 Å². The zero-order chi connectivity index (χ0) is 15.6. The molecule has 6 heteroatoms. The molecule has 1 heterocycles. The smallest absolute Gasteiger partial charge is 0.227 e. The molecule has 0 N–H and O–H groups in total. The highest BCUT2D eigenvalue weighted by atomic mass is 35.5. The number of rotatable bonds is 3. The predicted molar refractivity (Wildman–Crippen MR) is 76.3 cm³/mol. The van der Waals surface area contributed by atoms with Gasteiger partial charge in [0.25, 0.3) is 0 Å². The van der Waals surface area contributed by atoms with Crippen LogP contribution in [0.5, 0.6) is 0 Å². The molecule has 0 bridgehead atoms. The molecule has 116 valence electrons. The molecule has 1 saturated heterocycles. The molecule has 0 spiro atoms. The van der Waals surface area contributed by atoms with Crippen LogP contribution in [0.25, 0.3) is 0 Å². The van der Waals surface area contributed by atoms with Crippen LogP contribution in [0.4, 0.5) is 8.78 Å². The van der Waals surface area contributed by atoms with Crippen LogP contribution in [-0.4, -0.2) is 41.5 Å².